The standard InChI is InChI=1S/C19H31N5O16P2/c1-34-14-8(37-18(15(14)35-2)24-6-23-9-16(20)21-5-22-17(9)24)4-36-41(30,31)40-42(32,33)39-19-12(29)10(27)11(28)13(38-19)7(26)3-25/h5-8,10-15,18-19,25-29H,3-4H2,1-2H3,(H,30,31)(H,32,33)(H2,20,21,22)/t7-,8-,10+,11+,12?,13?,14?,15+,18-,19+/m1/s1. The summed E-state index contributed by atoms with van der Waals surface area (Å²) < 4.78 is 62.1. The van der Waals surface area contributed by atoms with Crippen LogP contribution >= 0.6 is 15.6 Å². The fraction of sp³-hybridized carbons (Fsp3) is 0.737. The van der Waals surface area contributed by atoms with E-state index in [2.05, 4.69) is 23.8 Å². The van der Waals surface area contributed by atoms with E-state index < -0.39 is 90.2 Å². The van der Waals surface area contributed by atoms with Crippen LogP contribution in [0.25, 0.3) is 11.2 Å². The molecule has 0 aromatic carbocycles. The maximum absolute atomic E-state index is 12.6. The van der Waals surface area contributed by atoms with Gasteiger partial charge >= 0.3 is 15.6 Å². The number of rotatable bonds is 12. The van der Waals surface area contributed by atoms with Gasteiger partial charge in [0.15, 0.2) is 24.0 Å². The summed E-state index contributed by atoms with van der Waals surface area (Å²) in [5.74, 6) is 0.111. The van der Waals surface area contributed by atoms with Crippen LogP contribution in [-0.4, -0.2) is 137 Å². The largest absolute Gasteiger partial charge is 0.483 e. The lowest BCUT2D eigenvalue weighted by atomic mass is 9.96. The molecule has 238 valence electrons. The first kappa shape index (κ1) is 33.1. The second-order valence-electron chi connectivity index (χ2n) is 9.16. The summed E-state index contributed by atoms with van der Waals surface area (Å²) in [6, 6.07) is 0. The second-order valence-corrected chi connectivity index (χ2v) is 12.2. The lowest BCUT2D eigenvalue weighted by molar-refractivity contribution is -0.292. The van der Waals surface area contributed by atoms with Crippen molar-refractivity contribution in [1.82, 2.24) is 19.5 Å². The Hall–Kier alpha value is -1.75. The van der Waals surface area contributed by atoms with Crippen LogP contribution in [0.3, 0.4) is 0 Å². The summed E-state index contributed by atoms with van der Waals surface area (Å²) in [5.41, 5.74) is 6.40. The van der Waals surface area contributed by atoms with Crippen molar-refractivity contribution in [2.24, 2.45) is 0 Å². The van der Waals surface area contributed by atoms with Crippen molar-refractivity contribution >= 4 is 32.6 Å². The van der Waals surface area contributed by atoms with Gasteiger partial charge in [-0.15, -0.1) is 0 Å². The molecule has 0 spiro atoms. The molecule has 2 aromatic heterocycles. The topological polar surface area (TPSA) is 310 Å². The molecule has 42 heavy (non-hydrogen) atoms. The minimum atomic E-state index is -5.61. The minimum absolute atomic E-state index is 0.111. The number of aromatic nitrogens is 4. The first-order valence-corrected chi connectivity index (χ1v) is 15.0. The van der Waals surface area contributed by atoms with Gasteiger partial charge in [0.1, 0.15) is 60.7 Å². The normalized spacial score (nSPS) is 35.6. The van der Waals surface area contributed by atoms with Gasteiger partial charge in [0.25, 0.3) is 0 Å². The van der Waals surface area contributed by atoms with E-state index in [4.69, 9.17) is 34.3 Å². The molecule has 9 N–H and O–H groups in total. The number of anilines is 1. The predicted molar refractivity (Wildman–Crippen MR) is 133 cm³/mol. The van der Waals surface area contributed by atoms with E-state index in [9.17, 15) is 39.3 Å². The summed E-state index contributed by atoms with van der Waals surface area (Å²) in [6.45, 7) is -1.70. The molecule has 2 saturated heterocycles. The molecule has 23 heteroatoms. The number of ether oxygens (including phenoxy) is 4. The van der Waals surface area contributed by atoms with Crippen LogP contribution in [0, 0.1) is 0 Å². The Balaban J connectivity index is 1.43. The maximum atomic E-state index is 12.6. The Morgan fingerprint density at radius 1 is 1.02 bits per heavy atom. The number of phosphoric ester groups is 2. The third-order valence-electron chi connectivity index (χ3n) is 6.51. The molecule has 2 fully saturated rings. The van der Waals surface area contributed by atoms with Gasteiger partial charge < -0.3 is 60.0 Å². The Morgan fingerprint density at radius 2 is 1.71 bits per heavy atom. The van der Waals surface area contributed by atoms with E-state index in [1.165, 1.54) is 31.4 Å². The molecule has 2 aliphatic rings. The molecule has 0 amide bonds. The molecule has 0 radical (unpaired) electrons. The van der Waals surface area contributed by atoms with E-state index in [0.717, 1.165) is 0 Å². The monoisotopic (exact) mass is 647 g/mol. The SMILES string of the molecule is COC1[C@@H](COP(=O)(O)OP(=O)(O)O[C@@H]2OC([C@H](O)CO)[C@@H](O)[C@H](O)C2O)O[C@@H](n2cnc3c(N)ncnc32)[C@H]1OC. The van der Waals surface area contributed by atoms with Gasteiger partial charge in [-0.05, 0) is 0 Å². The molecule has 4 heterocycles. The summed E-state index contributed by atoms with van der Waals surface area (Å²) in [5, 5.41) is 48.8. The Morgan fingerprint density at radius 3 is 2.36 bits per heavy atom. The number of hydrogen-bond donors (Lipinski definition) is 8. The van der Waals surface area contributed by atoms with Gasteiger partial charge in [-0.1, -0.05) is 0 Å². The smallest absolute Gasteiger partial charge is 0.394 e. The van der Waals surface area contributed by atoms with Crippen LogP contribution in [0.15, 0.2) is 12.7 Å². The first-order valence-electron chi connectivity index (χ1n) is 12.1. The first-order chi connectivity index (χ1) is 19.7. The molecule has 0 aliphatic carbocycles. The fourth-order valence-electron chi connectivity index (χ4n) is 4.51. The van der Waals surface area contributed by atoms with Crippen LogP contribution in [0.5, 0.6) is 0 Å². The quantitative estimate of drug-likeness (QED) is 0.105. The van der Waals surface area contributed by atoms with E-state index in [1.54, 1.807) is 0 Å². The molecular weight excluding hydrogens is 616 g/mol. The van der Waals surface area contributed by atoms with Gasteiger partial charge in [0, 0.05) is 14.2 Å². The highest BCUT2D eigenvalue weighted by atomic mass is 31.3. The fourth-order valence-corrected chi connectivity index (χ4v) is 6.67. The highest BCUT2D eigenvalue weighted by molar-refractivity contribution is 7.61. The van der Waals surface area contributed by atoms with Crippen molar-refractivity contribution in [3.05, 3.63) is 12.7 Å². The molecule has 2 aromatic rings. The Bertz CT molecular complexity index is 1320. The zero-order chi connectivity index (χ0) is 31.0. The zero-order valence-corrected chi connectivity index (χ0v) is 23.7. The number of imidazole rings is 1. The highest BCUT2D eigenvalue weighted by Gasteiger charge is 2.51. The van der Waals surface area contributed by atoms with Crippen molar-refractivity contribution in [2.75, 3.05) is 33.2 Å². The number of hydrogen-bond acceptors (Lipinski definition) is 18. The van der Waals surface area contributed by atoms with Gasteiger partial charge in [0.2, 0.25) is 0 Å². The number of aliphatic hydroxyl groups is 5. The molecule has 12 atom stereocenters. The van der Waals surface area contributed by atoms with E-state index in [-0.39, 0.29) is 11.3 Å². The van der Waals surface area contributed by atoms with E-state index in [1.807, 2.05) is 0 Å². The van der Waals surface area contributed by atoms with E-state index >= 15 is 0 Å². The molecule has 2 aliphatic heterocycles. The van der Waals surface area contributed by atoms with Crippen molar-refractivity contribution in [1.29, 1.82) is 0 Å². The number of nitrogens with two attached hydrogens (primary N) is 1. The van der Waals surface area contributed by atoms with Gasteiger partial charge in [0.05, 0.1) is 19.5 Å². The molecule has 4 rings (SSSR count). The Labute approximate surface area is 236 Å². The lowest BCUT2D eigenvalue weighted by Gasteiger charge is -2.41. The number of phosphoric acid groups is 2. The van der Waals surface area contributed by atoms with Crippen LogP contribution in [0.2, 0.25) is 0 Å². The molecule has 21 nitrogen and oxygen atoms in total. The van der Waals surface area contributed by atoms with Crippen LogP contribution in [0.4, 0.5) is 5.82 Å². The average molecular weight is 647 g/mol. The molecule has 5 unspecified atom stereocenters. The molecule has 0 saturated carbocycles. The number of fused-ring (bicyclic) bond motifs is 1. The number of nitrogens with zero attached hydrogens (tertiary/aromatic N) is 4. The van der Waals surface area contributed by atoms with Gasteiger partial charge in [-0.25, -0.2) is 24.1 Å². The number of nitrogen functional groups attached to an aromatic ring is 1. The van der Waals surface area contributed by atoms with Gasteiger partial charge in [-0.3, -0.25) is 13.6 Å². The van der Waals surface area contributed by atoms with Gasteiger partial charge in [-0.2, -0.15) is 4.31 Å². The summed E-state index contributed by atoms with van der Waals surface area (Å²) in [7, 11) is -8.36. The molecule has 0 bridgehead atoms. The van der Waals surface area contributed by atoms with Crippen LogP contribution in [-0.2, 0) is 41.4 Å². The molecular formula is C19H31N5O16P2. The highest BCUT2D eigenvalue weighted by Crippen LogP contribution is 2.61. The van der Waals surface area contributed by atoms with E-state index in [0.29, 0.717) is 5.65 Å². The van der Waals surface area contributed by atoms with Crippen molar-refractivity contribution < 1.29 is 76.8 Å². The maximum Gasteiger partial charge on any atom is 0.483 e. The lowest BCUT2D eigenvalue weighted by Crippen LogP contribution is -2.61. The predicted octanol–water partition coefficient (Wildman–Crippen LogP) is -3.25. The van der Waals surface area contributed by atoms with Crippen molar-refractivity contribution in [3.63, 3.8) is 0 Å². The third-order valence-corrected chi connectivity index (χ3v) is 9.11. The van der Waals surface area contributed by atoms with Crippen LogP contribution in [0.1, 0.15) is 6.23 Å². The van der Waals surface area contributed by atoms with Crippen molar-refractivity contribution in [2.45, 2.75) is 61.3 Å². The minimum Gasteiger partial charge on any atom is -0.394 e. The Kier molecular flexibility index (Phi) is 10.3. The summed E-state index contributed by atoms with van der Waals surface area (Å²) in [6.07, 6.45) is -13.3. The van der Waals surface area contributed by atoms with Crippen LogP contribution < -0.4 is 5.73 Å². The zero-order valence-electron chi connectivity index (χ0n) is 21.9. The summed E-state index contributed by atoms with van der Waals surface area (Å²) >= 11 is 0. The second kappa shape index (κ2) is 13.1. The van der Waals surface area contributed by atoms with Crippen molar-refractivity contribution in [3.8, 4) is 0 Å². The number of methoxy groups -OCH3 is 2. The third kappa shape index (κ3) is 6.81. The average Bonchev–Trinajstić information content (AvgIpc) is 3.52. The summed E-state index contributed by atoms with van der Waals surface area (Å²) in [4.78, 5) is 32.4. The number of aliphatic hydroxyl groups excluding tert-OH is 5.